The molecular formula is C20H30IN5O4Pb. The SMILES string of the molecule is CC(C)(OC(=O)C(CCCN=C(N)[NH][Pb][I])NC1(CNC=O)COC1)c1ccccc1. The van der Waals surface area contributed by atoms with Crippen molar-refractivity contribution in [3.8, 4) is 0 Å². The van der Waals surface area contributed by atoms with Crippen LogP contribution in [-0.4, -0.2) is 76.5 Å². The van der Waals surface area contributed by atoms with E-state index in [1.165, 1.54) is 0 Å². The summed E-state index contributed by atoms with van der Waals surface area (Å²) in [5.74, 6) is 0.123. The smallest absolute Gasteiger partial charge is 0.0622 e. The number of rotatable bonds is 13. The summed E-state index contributed by atoms with van der Waals surface area (Å²) < 4.78 is 14.4. The van der Waals surface area contributed by atoms with Gasteiger partial charge in [0.1, 0.15) is 0 Å². The van der Waals surface area contributed by atoms with E-state index >= 15 is 0 Å². The number of ether oxygens (including phenoxy) is 2. The predicted molar refractivity (Wildman–Crippen MR) is 129 cm³/mol. The van der Waals surface area contributed by atoms with Gasteiger partial charge in [-0.3, -0.25) is 4.79 Å². The van der Waals surface area contributed by atoms with Crippen molar-refractivity contribution in [2.24, 2.45) is 10.7 Å². The van der Waals surface area contributed by atoms with Crippen LogP contribution in [0.3, 0.4) is 0 Å². The molecule has 0 aliphatic carbocycles. The number of hydrogen-bond donors (Lipinski definition) is 4. The second-order valence-corrected chi connectivity index (χ2v) is 14.3. The molecule has 9 nitrogen and oxygen atoms in total. The van der Waals surface area contributed by atoms with Crippen molar-refractivity contribution in [1.29, 1.82) is 0 Å². The number of guanidine groups is 1. The average molecular weight is 739 g/mol. The van der Waals surface area contributed by atoms with Crippen LogP contribution in [0.2, 0.25) is 0 Å². The molecule has 1 aliphatic rings. The third kappa shape index (κ3) is 8.46. The first-order valence-electron chi connectivity index (χ1n) is 10.0. The average Bonchev–Trinajstić information content (AvgIpc) is 2.72. The molecule has 1 aliphatic heterocycles. The number of hydrogen-bond acceptors (Lipinski definition) is 6. The van der Waals surface area contributed by atoms with Gasteiger partial charge >= 0.3 is 183 Å². The van der Waals surface area contributed by atoms with Crippen LogP contribution in [0.25, 0.3) is 0 Å². The van der Waals surface area contributed by atoms with Gasteiger partial charge < -0.3 is 0 Å². The number of benzene rings is 1. The van der Waals surface area contributed by atoms with E-state index in [1.54, 1.807) is 0 Å². The molecule has 170 valence electrons. The Morgan fingerprint density at radius 1 is 1.42 bits per heavy atom. The molecule has 11 heteroatoms. The molecule has 1 atom stereocenters. The Labute approximate surface area is 204 Å². The summed E-state index contributed by atoms with van der Waals surface area (Å²) in [6.45, 7) is 5.47. The van der Waals surface area contributed by atoms with E-state index in [-0.39, 0.29) is 5.97 Å². The molecule has 1 amide bonds. The molecule has 0 bridgehead atoms. The van der Waals surface area contributed by atoms with E-state index in [1.807, 2.05) is 44.2 Å². The molecule has 2 rings (SSSR count). The monoisotopic (exact) mass is 739 g/mol. The fourth-order valence-corrected chi connectivity index (χ4v) is 6.35. The van der Waals surface area contributed by atoms with Crippen LogP contribution in [0.15, 0.2) is 35.3 Å². The van der Waals surface area contributed by atoms with Gasteiger partial charge in [0.15, 0.2) is 0 Å². The molecule has 0 aromatic heterocycles. The standard InChI is InChI=1S/C20H31N5O4.HI.Pb/c1-19(2,15-7-4-3-5-8-15)29-17(27)16(9-6-10-24-18(21)22)25-20(11-23-14-26)12-28-13-20;;/h3-5,7-8,14,16,25H,6,9-13H2,1-2H3,(H5,21,22,23,24,26);1H;/q;;+2/p-2. The first-order chi connectivity index (χ1) is 14.8. The second-order valence-electron chi connectivity index (χ2n) is 7.89. The van der Waals surface area contributed by atoms with E-state index in [9.17, 15) is 9.59 Å². The number of halogens is 1. The van der Waals surface area contributed by atoms with Gasteiger partial charge in [-0.1, -0.05) is 18.2 Å². The summed E-state index contributed by atoms with van der Waals surface area (Å²) in [6.07, 6.45) is 1.83. The van der Waals surface area contributed by atoms with E-state index in [4.69, 9.17) is 15.2 Å². The minimum atomic E-state index is -0.884. The van der Waals surface area contributed by atoms with Crippen molar-refractivity contribution in [3.63, 3.8) is 0 Å². The number of nitrogens with two attached hydrogens (primary N) is 1. The van der Waals surface area contributed by atoms with E-state index in [0.29, 0.717) is 51.5 Å². The van der Waals surface area contributed by atoms with Gasteiger partial charge in [0.05, 0.1) is 0 Å². The topological polar surface area (TPSA) is 127 Å². The first kappa shape index (κ1) is 26.3. The fraction of sp³-hybridized carbons (Fsp3) is 0.550. The summed E-state index contributed by atoms with van der Waals surface area (Å²) in [7, 11) is 0. The third-order valence-corrected chi connectivity index (χ3v) is 8.71. The Hall–Kier alpha value is -0.998. The fourth-order valence-electron chi connectivity index (χ4n) is 3.24. The Morgan fingerprint density at radius 2 is 2.13 bits per heavy atom. The summed E-state index contributed by atoms with van der Waals surface area (Å²) in [5, 5.41) is 6.07. The van der Waals surface area contributed by atoms with Gasteiger partial charge in [-0.2, -0.15) is 0 Å². The second kappa shape index (κ2) is 12.9. The van der Waals surface area contributed by atoms with Crippen LogP contribution >= 0.6 is 17.8 Å². The molecule has 0 spiro atoms. The number of carbonyl (C=O) groups is 2. The van der Waals surface area contributed by atoms with Crippen molar-refractivity contribution in [2.45, 2.75) is 43.9 Å². The van der Waals surface area contributed by atoms with Crippen LogP contribution in [0.4, 0.5) is 0 Å². The zero-order valence-electron chi connectivity index (χ0n) is 17.8. The van der Waals surface area contributed by atoms with Crippen molar-refractivity contribution in [3.05, 3.63) is 35.9 Å². The molecule has 0 saturated carbocycles. The molecular weight excluding hydrogens is 708 g/mol. The Balaban J connectivity index is 2.07. The summed E-state index contributed by atoms with van der Waals surface area (Å²) in [4.78, 5) is 28.3. The molecule has 2 radical (unpaired) electrons. The van der Waals surface area contributed by atoms with Crippen LogP contribution in [0.1, 0.15) is 32.3 Å². The number of carbonyl (C=O) groups excluding carboxylic acids is 2. The number of nitrogens with one attached hydrogen (secondary N) is 3. The number of esters is 1. The first-order valence-corrected chi connectivity index (χ1v) is 22.9. The maximum absolute atomic E-state index is 13.2. The zero-order chi connectivity index (χ0) is 22.7. The summed E-state index contributed by atoms with van der Waals surface area (Å²) >= 11 is 1.46. The van der Waals surface area contributed by atoms with Gasteiger partial charge in [0.25, 0.3) is 0 Å². The molecule has 1 unspecified atom stereocenters. The normalized spacial score (nSPS) is 16.7. The predicted octanol–water partition coefficient (Wildman–Crippen LogP) is 0.592. The van der Waals surface area contributed by atoms with E-state index < -0.39 is 37.4 Å². The van der Waals surface area contributed by atoms with Crippen molar-refractivity contribution in [2.75, 3.05) is 26.3 Å². The number of aliphatic imine (C=N–C) groups is 1. The quantitative estimate of drug-likeness (QED) is 0.0445. The number of nitrogens with zero attached hydrogens (tertiary/aromatic N) is 1. The molecule has 1 aromatic rings. The molecule has 1 heterocycles. The van der Waals surface area contributed by atoms with Gasteiger partial charge in [0.2, 0.25) is 0 Å². The molecule has 1 fully saturated rings. The maximum atomic E-state index is 13.2. The van der Waals surface area contributed by atoms with Crippen LogP contribution in [0.5, 0.6) is 0 Å². The minimum Gasteiger partial charge on any atom is -0.0622 e. The Morgan fingerprint density at radius 3 is 2.71 bits per heavy atom. The van der Waals surface area contributed by atoms with Crippen LogP contribution < -0.4 is 19.5 Å². The third-order valence-electron chi connectivity index (χ3n) is 4.98. The van der Waals surface area contributed by atoms with Crippen LogP contribution in [0, 0.1) is 0 Å². The Kier molecular flexibility index (Phi) is 10.9. The van der Waals surface area contributed by atoms with Crippen LogP contribution in [-0.2, 0) is 24.7 Å². The molecule has 1 saturated heterocycles. The summed E-state index contributed by atoms with van der Waals surface area (Å²) in [5.41, 5.74) is 5.47. The van der Waals surface area contributed by atoms with E-state index in [2.05, 4.69) is 36.5 Å². The molecule has 31 heavy (non-hydrogen) atoms. The van der Waals surface area contributed by atoms with Gasteiger partial charge in [0, 0.05) is 0 Å². The van der Waals surface area contributed by atoms with Gasteiger partial charge in [-0.15, -0.1) is 0 Å². The van der Waals surface area contributed by atoms with Crippen molar-refractivity contribution in [1.82, 2.24) is 13.8 Å². The van der Waals surface area contributed by atoms with Crippen molar-refractivity contribution < 1.29 is 19.1 Å². The minimum absolute atomic E-state index is 0.344. The summed E-state index contributed by atoms with van der Waals surface area (Å²) in [6, 6.07) is 9.08. The molecule has 1 aromatic carbocycles. The molecule has 5 N–H and O–H groups in total. The van der Waals surface area contributed by atoms with Gasteiger partial charge in [-0.25, -0.2) is 0 Å². The zero-order valence-corrected chi connectivity index (χ0v) is 23.9. The Bertz CT molecular complexity index is 746. The number of amides is 1. The van der Waals surface area contributed by atoms with E-state index in [0.717, 1.165) is 5.56 Å². The van der Waals surface area contributed by atoms with Gasteiger partial charge in [-0.05, 0) is 0 Å². The van der Waals surface area contributed by atoms with Crippen molar-refractivity contribution >= 4 is 56.3 Å².